The van der Waals surface area contributed by atoms with Crippen molar-refractivity contribution in [3.63, 3.8) is 0 Å². The molecule has 1 fully saturated rings. The van der Waals surface area contributed by atoms with Gasteiger partial charge in [0.15, 0.2) is 0 Å². The van der Waals surface area contributed by atoms with Gasteiger partial charge < -0.3 is 5.32 Å². The van der Waals surface area contributed by atoms with Gasteiger partial charge in [-0.05, 0) is 46.9 Å². The zero-order valence-corrected chi connectivity index (χ0v) is 20.8. The molecule has 5 nitrogen and oxygen atoms in total. The van der Waals surface area contributed by atoms with Crippen LogP contribution in [-0.2, 0) is 24.1 Å². The number of carbonyl (C=O) groups is 3. The summed E-state index contributed by atoms with van der Waals surface area (Å²) in [5.74, 6) is -3.37. The highest BCUT2D eigenvalue weighted by Crippen LogP contribution is 2.69. The van der Waals surface area contributed by atoms with E-state index in [9.17, 15) is 14.4 Å². The summed E-state index contributed by atoms with van der Waals surface area (Å²) in [7, 11) is 0. The van der Waals surface area contributed by atoms with Crippen molar-refractivity contribution in [1.82, 2.24) is 4.90 Å². The number of amides is 3. The zero-order valence-electron chi connectivity index (χ0n) is 18.5. The van der Waals surface area contributed by atoms with E-state index in [1.54, 1.807) is 18.2 Å². The number of nitrogens with one attached hydrogen (secondary N) is 1. The lowest BCUT2D eigenvalue weighted by atomic mass is 9.54. The molecule has 35 heavy (non-hydrogen) atoms. The molecule has 7 rings (SSSR count). The molecule has 0 saturated carbocycles. The maximum atomic E-state index is 13.8. The Morgan fingerprint density at radius 1 is 0.857 bits per heavy atom. The SMILES string of the molecule is Cc1ccc(NC(=O)CN2C(=O)[C@@H]3[C@@H](C2=O)C2(Cl)c4ccccc4C3(Cl)c3ccccc32)cc1Cl. The van der Waals surface area contributed by atoms with Crippen molar-refractivity contribution in [2.24, 2.45) is 11.8 Å². The van der Waals surface area contributed by atoms with Crippen LogP contribution in [0.1, 0.15) is 27.8 Å². The summed E-state index contributed by atoms with van der Waals surface area (Å²) in [4.78, 5) is 38.8. The third-order valence-corrected chi connectivity index (χ3v) is 9.13. The number of benzene rings is 3. The van der Waals surface area contributed by atoms with Gasteiger partial charge in [0, 0.05) is 10.7 Å². The Bertz CT molecular complexity index is 1330. The van der Waals surface area contributed by atoms with Crippen LogP contribution in [0.5, 0.6) is 0 Å². The predicted molar refractivity (Wildman–Crippen MR) is 135 cm³/mol. The van der Waals surface area contributed by atoms with Gasteiger partial charge in [0.05, 0.1) is 11.8 Å². The lowest BCUT2D eigenvalue weighted by molar-refractivity contribution is -0.142. The van der Waals surface area contributed by atoms with Crippen molar-refractivity contribution >= 4 is 58.2 Å². The fourth-order valence-corrected chi connectivity index (χ4v) is 7.17. The maximum absolute atomic E-state index is 13.8. The smallest absolute Gasteiger partial charge is 0.244 e. The summed E-state index contributed by atoms with van der Waals surface area (Å²) in [6.45, 7) is 1.41. The number of rotatable bonds is 3. The molecule has 3 aromatic rings. The van der Waals surface area contributed by atoms with E-state index in [-0.39, 0.29) is 0 Å². The predicted octanol–water partition coefficient (Wildman–Crippen LogP) is 5.18. The molecular weight excluding hydrogens is 507 g/mol. The summed E-state index contributed by atoms with van der Waals surface area (Å²) in [5, 5.41) is 3.22. The molecule has 1 aliphatic heterocycles. The van der Waals surface area contributed by atoms with Crippen molar-refractivity contribution in [3.05, 3.63) is 99.6 Å². The van der Waals surface area contributed by atoms with Crippen LogP contribution < -0.4 is 5.32 Å². The first-order valence-electron chi connectivity index (χ1n) is 11.2. The Morgan fingerprint density at radius 3 is 1.74 bits per heavy atom. The van der Waals surface area contributed by atoms with Crippen LogP contribution in [0, 0.1) is 18.8 Å². The monoisotopic (exact) mass is 524 g/mol. The fourth-order valence-electron chi connectivity index (χ4n) is 5.90. The molecule has 0 unspecified atom stereocenters. The van der Waals surface area contributed by atoms with Crippen molar-refractivity contribution in [3.8, 4) is 0 Å². The van der Waals surface area contributed by atoms with Gasteiger partial charge in [-0.2, -0.15) is 0 Å². The van der Waals surface area contributed by atoms with E-state index < -0.39 is 45.9 Å². The van der Waals surface area contributed by atoms with E-state index in [1.807, 2.05) is 55.5 Å². The van der Waals surface area contributed by atoms with Crippen LogP contribution in [0.3, 0.4) is 0 Å². The minimum atomic E-state index is -1.27. The molecule has 1 N–H and O–H groups in total. The third-order valence-electron chi connectivity index (χ3n) is 7.43. The molecule has 176 valence electrons. The summed E-state index contributed by atoms with van der Waals surface area (Å²) < 4.78 is 0. The van der Waals surface area contributed by atoms with Crippen molar-refractivity contribution in [2.75, 3.05) is 11.9 Å². The molecular formula is C27H19Cl3N2O3. The number of anilines is 1. The quantitative estimate of drug-likeness (QED) is 0.378. The average Bonchev–Trinajstić information content (AvgIpc) is 3.10. The Morgan fingerprint density at radius 2 is 1.31 bits per heavy atom. The Kier molecular flexibility index (Phi) is 4.89. The van der Waals surface area contributed by atoms with Crippen molar-refractivity contribution < 1.29 is 14.4 Å². The van der Waals surface area contributed by atoms with Crippen LogP contribution in [0.2, 0.25) is 5.02 Å². The third kappa shape index (κ3) is 2.86. The maximum Gasteiger partial charge on any atom is 0.244 e. The Labute approximate surface area is 217 Å². The molecule has 2 atom stereocenters. The molecule has 1 heterocycles. The number of likely N-dealkylation sites (tertiary alicyclic amines) is 1. The Balaban J connectivity index is 1.40. The number of hydrogen-bond donors (Lipinski definition) is 1. The van der Waals surface area contributed by atoms with E-state index >= 15 is 0 Å². The topological polar surface area (TPSA) is 66.5 Å². The first-order valence-corrected chi connectivity index (χ1v) is 12.3. The molecule has 0 spiro atoms. The van der Waals surface area contributed by atoms with Gasteiger partial charge in [0.25, 0.3) is 0 Å². The van der Waals surface area contributed by atoms with Gasteiger partial charge in [-0.1, -0.05) is 66.2 Å². The lowest BCUT2D eigenvalue weighted by Crippen LogP contribution is -2.57. The highest BCUT2D eigenvalue weighted by molar-refractivity contribution is 6.36. The average molecular weight is 526 g/mol. The second-order valence-corrected chi connectivity index (χ2v) is 10.8. The molecule has 4 aliphatic rings. The summed E-state index contributed by atoms with van der Waals surface area (Å²) in [5.41, 5.74) is 4.23. The second kappa shape index (κ2) is 7.57. The largest absolute Gasteiger partial charge is 0.324 e. The minimum absolute atomic E-state index is 0.442. The molecule has 1 saturated heterocycles. The molecule has 2 bridgehead atoms. The number of nitrogens with zero attached hydrogens (tertiary/aromatic N) is 1. The number of carbonyl (C=O) groups excluding carboxylic acids is 3. The lowest BCUT2D eigenvalue weighted by Gasteiger charge is -2.54. The number of halogens is 3. The highest BCUT2D eigenvalue weighted by atomic mass is 35.5. The number of hydrogen-bond acceptors (Lipinski definition) is 3. The number of imide groups is 1. The molecule has 8 heteroatoms. The van der Waals surface area contributed by atoms with Crippen LogP contribution in [-0.4, -0.2) is 29.2 Å². The van der Waals surface area contributed by atoms with Crippen LogP contribution >= 0.6 is 34.8 Å². The minimum Gasteiger partial charge on any atom is -0.324 e. The van der Waals surface area contributed by atoms with Gasteiger partial charge in [-0.15, -0.1) is 23.2 Å². The van der Waals surface area contributed by atoms with Crippen LogP contribution in [0.4, 0.5) is 5.69 Å². The normalized spacial score (nSPS) is 27.9. The summed E-state index contributed by atoms with van der Waals surface area (Å²) in [6.07, 6.45) is 0. The van der Waals surface area contributed by atoms with E-state index in [2.05, 4.69) is 5.32 Å². The van der Waals surface area contributed by atoms with Gasteiger partial charge in [0.1, 0.15) is 16.3 Å². The first-order chi connectivity index (χ1) is 16.7. The number of alkyl halides is 2. The van der Waals surface area contributed by atoms with Crippen molar-refractivity contribution in [2.45, 2.75) is 16.7 Å². The van der Waals surface area contributed by atoms with Gasteiger partial charge in [-0.25, -0.2) is 0 Å². The van der Waals surface area contributed by atoms with E-state index in [0.29, 0.717) is 10.7 Å². The van der Waals surface area contributed by atoms with Crippen LogP contribution in [0.25, 0.3) is 0 Å². The first kappa shape index (κ1) is 22.6. The van der Waals surface area contributed by atoms with Gasteiger partial charge >= 0.3 is 0 Å². The second-order valence-electron chi connectivity index (χ2n) is 9.24. The molecule has 0 aromatic heterocycles. The summed E-state index contributed by atoms with van der Waals surface area (Å²) >= 11 is 20.9. The van der Waals surface area contributed by atoms with Crippen molar-refractivity contribution in [1.29, 1.82) is 0 Å². The van der Waals surface area contributed by atoms with Crippen LogP contribution in [0.15, 0.2) is 66.7 Å². The highest BCUT2D eigenvalue weighted by Gasteiger charge is 2.73. The Hall–Kier alpha value is -2.86. The summed E-state index contributed by atoms with van der Waals surface area (Å²) in [6, 6.07) is 19.9. The number of aryl methyl sites for hydroxylation is 1. The molecule has 0 radical (unpaired) electrons. The van der Waals surface area contributed by atoms with Gasteiger partial charge in [-0.3, -0.25) is 19.3 Å². The zero-order chi connectivity index (χ0) is 24.7. The molecule has 3 amide bonds. The standard InChI is InChI=1S/C27H19Cl3N2O3/c1-14-10-11-15(12-20(14)28)31-21(33)13-32-24(34)22-23(25(32)35)27(30)17-7-3-2-6-16(17)26(22,29)18-8-4-5-9-19(18)27/h2-12,22-23H,13H2,1H3,(H,31,33)/t22-,23-,26?,27?/m0/s1. The molecule has 3 aliphatic carbocycles. The fraction of sp³-hybridized carbons (Fsp3) is 0.222. The van der Waals surface area contributed by atoms with E-state index in [0.717, 1.165) is 32.7 Å². The molecule has 3 aromatic carbocycles. The van der Waals surface area contributed by atoms with E-state index in [4.69, 9.17) is 34.8 Å². The van der Waals surface area contributed by atoms with Gasteiger partial charge in [0.2, 0.25) is 17.7 Å². The van der Waals surface area contributed by atoms with E-state index in [1.165, 1.54) is 0 Å².